The minimum Gasteiger partial charge on any atom is -0.339 e. The van der Waals surface area contributed by atoms with Gasteiger partial charge in [-0.05, 0) is 79.3 Å². The van der Waals surface area contributed by atoms with Crippen molar-refractivity contribution in [2.24, 2.45) is 7.05 Å². The number of benzene rings is 2. The first-order chi connectivity index (χ1) is 17.4. The SMILES string of the molecule is Cc1cc(C2CCC2)c(-c2nnc(C(C)C)n2C)cc1C(=O)N1CCC(c2ccc(C#N)cc2)CC1. The normalized spacial score (nSPS) is 16.7. The van der Waals surface area contributed by atoms with Crippen molar-refractivity contribution >= 4 is 5.91 Å². The number of hydrogen-bond acceptors (Lipinski definition) is 4. The summed E-state index contributed by atoms with van der Waals surface area (Å²) in [5.41, 5.74) is 6.13. The van der Waals surface area contributed by atoms with E-state index in [1.807, 2.05) is 24.1 Å². The van der Waals surface area contributed by atoms with Crippen molar-refractivity contribution in [1.29, 1.82) is 5.26 Å². The molecule has 0 unspecified atom stereocenters. The minimum atomic E-state index is 0.110. The molecule has 2 aromatic carbocycles. The van der Waals surface area contributed by atoms with Gasteiger partial charge < -0.3 is 9.47 Å². The first-order valence-corrected chi connectivity index (χ1v) is 13.2. The van der Waals surface area contributed by atoms with E-state index in [0.29, 0.717) is 17.4 Å². The number of piperidine rings is 1. The summed E-state index contributed by atoms with van der Waals surface area (Å²) in [5, 5.41) is 18.1. The Kier molecular flexibility index (Phi) is 6.66. The molecule has 1 aliphatic heterocycles. The molecule has 1 aliphatic carbocycles. The van der Waals surface area contributed by atoms with Crippen LogP contribution in [0.3, 0.4) is 0 Å². The first kappa shape index (κ1) is 24.2. The van der Waals surface area contributed by atoms with Crippen LogP contribution >= 0.6 is 0 Å². The van der Waals surface area contributed by atoms with Crippen LogP contribution in [0.1, 0.15) is 102 Å². The van der Waals surface area contributed by atoms with Crippen LogP contribution in [0.15, 0.2) is 36.4 Å². The third-order valence-electron chi connectivity index (χ3n) is 8.13. The highest BCUT2D eigenvalue weighted by molar-refractivity contribution is 5.97. The number of nitriles is 1. The number of hydrogen-bond donors (Lipinski definition) is 0. The standard InChI is InChI=1S/C30H35N5O/c1-19(2)28-32-33-29(34(28)4)27-17-25(20(3)16-26(27)24-6-5-7-24)30(36)35-14-12-23(13-15-35)22-10-8-21(18-31)9-11-22/h8-11,16-17,19,23-24H,5-7,12-15H2,1-4H3. The Morgan fingerprint density at radius 3 is 2.28 bits per heavy atom. The molecule has 1 amide bonds. The summed E-state index contributed by atoms with van der Waals surface area (Å²) in [7, 11) is 2.03. The van der Waals surface area contributed by atoms with Crippen molar-refractivity contribution in [2.75, 3.05) is 13.1 Å². The molecular weight excluding hydrogens is 446 g/mol. The second kappa shape index (κ2) is 9.89. The van der Waals surface area contributed by atoms with Crippen LogP contribution in [-0.2, 0) is 7.05 Å². The molecule has 0 bridgehead atoms. The summed E-state index contributed by atoms with van der Waals surface area (Å²) in [6.07, 6.45) is 5.51. The lowest BCUT2D eigenvalue weighted by atomic mass is 9.77. The second-order valence-electron chi connectivity index (χ2n) is 10.8. The first-order valence-electron chi connectivity index (χ1n) is 13.2. The van der Waals surface area contributed by atoms with E-state index < -0.39 is 0 Å². The molecule has 3 aromatic rings. The fourth-order valence-electron chi connectivity index (χ4n) is 5.71. The fraction of sp³-hybridized carbons (Fsp3) is 0.467. The Hall–Kier alpha value is -3.46. The van der Waals surface area contributed by atoms with Gasteiger partial charge in [-0.1, -0.05) is 38.5 Å². The van der Waals surface area contributed by atoms with Gasteiger partial charge in [-0.2, -0.15) is 5.26 Å². The maximum absolute atomic E-state index is 13.7. The number of carbonyl (C=O) groups is 1. The predicted octanol–water partition coefficient (Wildman–Crippen LogP) is 6.07. The Morgan fingerprint density at radius 1 is 1.03 bits per heavy atom. The van der Waals surface area contributed by atoms with Gasteiger partial charge in [0.15, 0.2) is 5.82 Å². The van der Waals surface area contributed by atoms with Gasteiger partial charge in [-0.3, -0.25) is 4.79 Å². The van der Waals surface area contributed by atoms with Crippen molar-refractivity contribution in [3.63, 3.8) is 0 Å². The lowest BCUT2D eigenvalue weighted by molar-refractivity contribution is 0.0712. The molecule has 36 heavy (non-hydrogen) atoms. The molecule has 1 saturated heterocycles. The van der Waals surface area contributed by atoms with Gasteiger partial charge in [0, 0.05) is 37.2 Å². The van der Waals surface area contributed by atoms with Gasteiger partial charge in [-0.25, -0.2) is 0 Å². The highest BCUT2D eigenvalue weighted by Crippen LogP contribution is 2.42. The summed E-state index contributed by atoms with van der Waals surface area (Å²) < 4.78 is 2.09. The molecule has 2 fully saturated rings. The fourth-order valence-corrected chi connectivity index (χ4v) is 5.71. The summed E-state index contributed by atoms with van der Waals surface area (Å²) in [4.78, 5) is 15.7. The van der Waals surface area contributed by atoms with Crippen molar-refractivity contribution in [3.05, 3.63) is 70.0 Å². The Labute approximate surface area is 214 Å². The quantitative estimate of drug-likeness (QED) is 0.443. The lowest BCUT2D eigenvalue weighted by Crippen LogP contribution is -2.38. The van der Waals surface area contributed by atoms with Gasteiger partial charge >= 0.3 is 0 Å². The van der Waals surface area contributed by atoms with Crippen LogP contribution in [-0.4, -0.2) is 38.7 Å². The second-order valence-corrected chi connectivity index (χ2v) is 10.8. The summed E-state index contributed by atoms with van der Waals surface area (Å²) >= 11 is 0. The number of likely N-dealkylation sites (tertiary alicyclic amines) is 1. The van der Waals surface area contributed by atoms with E-state index in [1.54, 1.807) is 0 Å². The molecule has 186 valence electrons. The van der Waals surface area contributed by atoms with Crippen molar-refractivity contribution in [1.82, 2.24) is 19.7 Å². The molecule has 1 aromatic heterocycles. The van der Waals surface area contributed by atoms with E-state index in [0.717, 1.165) is 54.3 Å². The Bertz CT molecular complexity index is 1300. The molecule has 2 aliphatic rings. The van der Waals surface area contributed by atoms with Gasteiger partial charge in [0.25, 0.3) is 5.91 Å². The summed E-state index contributed by atoms with van der Waals surface area (Å²) in [6.45, 7) is 7.81. The van der Waals surface area contributed by atoms with Gasteiger partial charge in [0.05, 0.1) is 11.6 Å². The Morgan fingerprint density at radius 2 is 1.72 bits per heavy atom. The molecule has 1 saturated carbocycles. The number of rotatable bonds is 5. The van der Waals surface area contributed by atoms with Gasteiger partial charge in [0.2, 0.25) is 0 Å². The van der Waals surface area contributed by atoms with E-state index in [1.165, 1.54) is 30.4 Å². The molecule has 6 nitrogen and oxygen atoms in total. The van der Waals surface area contributed by atoms with E-state index >= 15 is 0 Å². The average Bonchev–Trinajstić information content (AvgIpc) is 3.24. The van der Waals surface area contributed by atoms with Crippen molar-refractivity contribution < 1.29 is 4.79 Å². The van der Waals surface area contributed by atoms with E-state index in [4.69, 9.17) is 5.26 Å². The van der Waals surface area contributed by atoms with Gasteiger partial charge in [0.1, 0.15) is 5.82 Å². The molecule has 0 radical (unpaired) electrons. The van der Waals surface area contributed by atoms with Gasteiger partial charge in [-0.15, -0.1) is 10.2 Å². The lowest BCUT2D eigenvalue weighted by Gasteiger charge is -2.33. The molecule has 6 heteroatoms. The smallest absolute Gasteiger partial charge is 0.254 e. The van der Waals surface area contributed by atoms with E-state index in [9.17, 15) is 4.79 Å². The molecule has 0 N–H and O–H groups in total. The Balaban J connectivity index is 1.41. The highest BCUT2D eigenvalue weighted by Gasteiger charge is 2.30. The van der Waals surface area contributed by atoms with Crippen LogP contribution < -0.4 is 0 Å². The third-order valence-corrected chi connectivity index (χ3v) is 8.13. The summed E-state index contributed by atoms with van der Waals surface area (Å²) in [6, 6.07) is 14.4. The van der Waals surface area contributed by atoms with E-state index in [-0.39, 0.29) is 11.8 Å². The van der Waals surface area contributed by atoms with Crippen molar-refractivity contribution in [2.45, 2.75) is 70.6 Å². The van der Waals surface area contributed by atoms with Crippen LogP contribution in [0.2, 0.25) is 0 Å². The number of aryl methyl sites for hydroxylation is 1. The zero-order valence-corrected chi connectivity index (χ0v) is 21.8. The maximum Gasteiger partial charge on any atom is 0.254 e. The number of nitrogens with zero attached hydrogens (tertiary/aromatic N) is 5. The van der Waals surface area contributed by atoms with Crippen molar-refractivity contribution in [3.8, 4) is 17.5 Å². The van der Waals surface area contributed by atoms with Crippen LogP contribution in [0.4, 0.5) is 0 Å². The zero-order chi connectivity index (χ0) is 25.4. The number of aromatic nitrogens is 3. The largest absolute Gasteiger partial charge is 0.339 e. The zero-order valence-electron chi connectivity index (χ0n) is 21.8. The van der Waals surface area contributed by atoms with Crippen LogP contribution in [0.25, 0.3) is 11.4 Å². The molecule has 0 spiro atoms. The summed E-state index contributed by atoms with van der Waals surface area (Å²) in [5.74, 6) is 3.17. The molecular formula is C30H35N5O. The van der Waals surface area contributed by atoms with E-state index in [2.05, 4.69) is 65.9 Å². The minimum absolute atomic E-state index is 0.110. The average molecular weight is 482 g/mol. The highest BCUT2D eigenvalue weighted by atomic mass is 16.2. The predicted molar refractivity (Wildman–Crippen MR) is 141 cm³/mol. The maximum atomic E-state index is 13.7. The monoisotopic (exact) mass is 481 g/mol. The number of carbonyl (C=O) groups excluding carboxylic acids is 1. The molecule has 5 rings (SSSR count). The van der Waals surface area contributed by atoms with Crippen LogP contribution in [0, 0.1) is 18.3 Å². The topological polar surface area (TPSA) is 74.8 Å². The molecule has 0 atom stereocenters. The molecule has 2 heterocycles. The number of amides is 1. The van der Waals surface area contributed by atoms with Crippen LogP contribution in [0.5, 0.6) is 0 Å². The third kappa shape index (κ3) is 4.43.